The summed E-state index contributed by atoms with van der Waals surface area (Å²) in [6.45, 7) is 0. The Hall–Kier alpha value is 0.906. The molecule has 3 nitrogen and oxygen atoms in total. The minimum Gasteiger partial charge on any atom is -0.652 e. The fraction of sp³-hybridized carbons (Fsp3) is 0. The van der Waals surface area contributed by atoms with Gasteiger partial charge < -0.3 is 15.0 Å². The van der Waals surface area contributed by atoms with E-state index in [2.05, 4.69) is 0 Å². The Morgan fingerprint density at radius 2 is 1.29 bits per heavy atom. The first-order valence-corrected chi connectivity index (χ1v) is 0.612. The average Bonchev–Trinajstić information content (AvgIpc) is 0.811. The quantitative estimate of drug-likeness (QED) is 0.347. The van der Waals surface area contributed by atoms with Gasteiger partial charge in [-0.25, -0.2) is 0 Å². The van der Waals surface area contributed by atoms with Gasteiger partial charge in [-0.3, -0.25) is 0 Å². The summed E-state index contributed by atoms with van der Waals surface area (Å²) < 4.78 is 0. The van der Waals surface area contributed by atoms with Crippen LogP contribution in [0.5, 0.6) is 0 Å². The number of hydrogen-bond acceptors (Lipinski definition) is 3. The zero-order valence-electron chi connectivity index (χ0n) is 3.46. The van der Waals surface area contributed by atoms with Crippen LogP contribution in [0, 0.1) is 0 Å². The van der Waals surface area contributed by atoms with Gasteiger partial charge in [0.1, 0.15) is 0 Å². The van der Waals surface area contributed by atoms with Crippen LogP contribution in [-0.4, -0.2) is 6.16 Å². The Morgan fingerprint density at radius 1 is 1.29 bits per heavy atom. The summed E-state index contributed by atoms with van der Waals surface area (Å²) in [4.78, 5) is 8.33. The standard InChI is InChI=1S/CH2O3.Fe.Li.Mn/c2-1(3)4;;;/h(H2,2,3,4);;;/q;+2;+1;+2/p-2. The SMILES string of the molecule is O=C([O-])[O-].[Fe+2].[Li+].[Mn+2]. The van der Waals surface area contributed by atoms with Gasteiger partial charge in [-0.1, -0.05) is 0 Å². The van der Waals surface area contributed by atoms with Crippen LogP contribution in [0.25, 0.3) is 0 Å². The van der Waals surface area contributed by atoms with Crippen LogP contribution in [0.1, 0.15) is 0 Å². The van der Waals surface area contributed by atoms with E-state index in [4.69, 9.17) is 15.0 Å². The van der Waals surface area contributed by atoms with Gasteiger partial charge in [0.25, 0.3) is 0 Å². The number of carboxylic acid groups (broad SMARTS) is 2. The third-order valence-corrected chi connectivity index (χ3v) is 0. The molecular weight excluding hydrogens is 178 g/mol. The molecule has 0 spiro atoms. The van der Waals surface area contributed by atoms with Crippen molar-refractivity contribution >= 4 is 6.16 Å². The average molecular weight is 178 g/mol. The van der Waals surface area contributed by atoms with Gasteiger partial charge in [-0.15, -0.1) is 0 Å². The molecule has 1 radical (unpaired) electrons. The predicted molar refractivity (Wildman–Crippen MR) is 5.40 cm³/mol. The first kappa shape index (κ1) is 24.7. The normalized spacial score (nSPS) is 3.43. The largest absolute Gasteiger partial charge is 2.00 e. The van der Waals surface area contributed by atoms with E-state index in [9.17, 15) is 0 Å². The van der Waals surface area contributed by atoms with Crippen LogP contribution in [0.15, 0.2) is 0 Å². The number of rotatable bonds is 0. The molecule has 0 aliphatic carbocycles. The molecule has 0 atom stereocenters. The summed E-state index contributed by atoms with van der Waals surface area (Å²) in [7, 11) is 0. The summed E-state index contributed by atoms with van der Waals surface area (Å²) in [5.41, 5.74) is 0. The predicted octanol–water partition coefficient (Wildman–Crippen LogP) is -5.45. The van der Waals surface area contributed by atoms with E-state index in [-0.39, 0.29) is 53.0 Å². The minimum atomic E-state index is -2.33. The van der Waals surface area contributed by atoms with Crippen LogP contribution < -0.4 is 29.1 Å². The minimum absolute atomic E-state index is 0. The van der Waals surface area contributed by atoms with Gasteiger partial charge in [0.05, 0.1) is 0 Å². The number of carbonyl (C=O) groups is 1. The molecule has 0 rings (SSSR count). The summed E-state index contributed by atoms with van der Waals surface area (Å²) in [6.07, 6.45) is -2.33. The molecular formula is CFeLiMnO3+3. The summed E-state index contributed by atoms with van der Waals surface area (Å²) in [6, 6.07) is 0. The fourth-order valence-corrected chi connectivity index (χ4v) is 0. The van der Waals surface area contributed by atoms with Crippen molar-refractivity contribution in [2.45, 2.75) is 0 Å². The van der Waals surface area contributed by atoms with Gasteiger partial charge in [-0.05, 0) is 6.16 Å². The Labute approximate surface area is 74.0 Å². The molecule has 0 saturated heterocycles. The molecule has 7 heavy (non-hydrogen) atoms. The first-order valence-electron chi connectivity index (χ1n) is 0.612. The molecule has 35 valence electrons. The third-order valence-electron chi connectivity index (χ3n) is 0. The molecule has 0 fully saturated rings. The van der Waals surface area contributed by atoms with Crippen molar-refractivity contribution in [1.82, 2.24) is 0 Å². The molecule has 0 aromatic rings. The molecule has 0 aliphatic rings. The molecule has 0 bridgehead atoms. The third kappa shape index (κ3) is 202. The van der Waals surface area contributed by atoms with Gasteiger partial charge >= 0.3 is 53.0 Å². The van der Waals surface area contributed by atoms with Gasteiger partial charge in [0, 0.05) is 0 Å². The fourth-order valence-electron chi connectivity index (χ4n) is 0. The smallest absolute Gasteiger partial charge is 0.652 e. The van der Waals surface area contributed by atoms with Crippen molar-refractivity contribution in [2.75, 3.05) is 0 Å². The Balaban J connectivity index is -0.0000000150. The molecule has 0 aliphatic heterocycles. The van der Waals surface area contributed by atoms with E-state index in [1.165, 1.54) is 0 Å². The molecule has 0 aromatic heterocycles. The van der Waals surface area contributed by atoms with E-state index >= 15 is 0 Å². The second kappa shape index (κ2) is 15.8. The molecule has 0 unspecified atom stereocenters. The summed E-state index contributed by atoms with van der Waals surface area (Å²) >= 11 is 0. The van der Waals surface area contributed by atoms with Crippen molar-refractivity contribution in [1.29, 1.82) is 0 Å². The van der Waals surface area contributed by atoms with Crippen LogP contribution >= 0.6 is 0 Å². The Morgan fingerprint density at radius 3 is 1.29 bits per heavy atom. The molecule has 0 amide bonds. The zero-order chi connectivity index (χ0) is 3.58. The van der Waals surface area contributed by atoms with Gasteiger partial charge in [0.2, 0.25) is 0 Å². The van der Waals surface area contributed by atoms with E-state index in [1.807, 2.05) is 0 Å². The van der Waals surface area contributed by atoms with Crippen LogP contribution in [0.4, 0.5) is 4.79 Å². The van der Waals surface area contributed by atoms with Crippen LogP contribution in [0.2, 0.25) is 0 Å². The van der Waals surface area contributed by atoms with Crippen molar-refractivity contribution in [3.05, 3.63) is 0 Å². The topological polar surface area (TPSA) is 63.2 Å². The van der Waals surface area contributed by atoms with Crippen LogP contribution in [-0.2, 0) is 34.1 Å². The van der Waals surface area contributed by atoms with E-state index in [1.54, 1.807) is 0 Å². The van der Waals surface area contributed by atoms with E-state index in [0.717, 1.165) is 0 Å². The Bertz CT molecular complexity index is 37.9. The number of hydrogen-bond donors (Lipinski definition) is 0. The van der Waals surface area contributed by atoms with Crippen LogP contribution in [0.3, 0.4) is 0 Å². The number of carbonyl (C=O) groups excluding carboxylic acids is 1. The van der Waals surface area contributed by atoms with Crippen molar-refractivity contribution in [3.63, 3.8) is 0 Å². The summed E-state index contributed by atoms with van der Waals surface area (Å²) in [5, 5.41) is 16.7. The summed E-state index contributed by atoms with van der Waals surface area (Å²) in [5.74, 6) is 0. The molecule has 0 saturated carbocycles. The van der Waals surface area contributed by atoms with Gasteiger partial charge in [-0.2, -0.15) is 0 Å². The molecule has 6 heteroatoms. The second-order valence-electron chi connectivity index (χ2n) is 0.250. The first-order chi connectivity index (χ1) is 1.73. The second-order valence-corrected chi connectivity index (χ2v) is 0.250. The van der Waals surface area contributed by atoms with E-state index < -0.39 is 6.16 Å². The van der Waals surface area contributed by atoms with Gasteiger partial charge in [0.15, 0.2) is 0 Å². The maximum absolute atomic E-state index is 8.33. The monoisotopic (exact) mass is 178 g/mol. The van der Waals surface area contributed by atoms with Crippen molar-refractivity contribution < 1.29 is 68.0 Å². The zero-order valence-corrected chi connectivity index (χ0v) is 5.74. The maximum atomic E-state index is 8.33. The Kier molecular flexibility index (Phi) is 55.7. The van der Waals surface area contributed by atoms with E-state index in [0.29, 0.717) is 0 Å². The molecule has 0 aromatic carbocycles. The molecule has 0 heterocycles. The maximum Gasteiger partial charge on any atom is 2.00 e. The molecule has 0 N–H and O–H groups in total. The van der Waals surface area contributed by atoms with Crippen molar-refractivity contribution in [3.8, 4) is 0 Å². The van der Waals surface area contributed by atoms with Crippen molar-refractivity contribution in [2.24, 2.45) is 0 Å².